The molecule has 2 bridgehead atoms. The first-order valence-electron chi connectivity index (χ1n) is 5.59. The average Bonchev–Trinajstić information content (AvgIpc) is 2.88. The van der Waals surface area contributed by atoms with Crippen LogP contribution in [0.3, 0.4) is 0 Å². The highest BCUT2D eigenvalue weighted by Gasteiger charge is 2.52. The van der Waals surface area contributed by atoms with Crippen molar-refractivity contribution in [2.45, 2.75) is 25.3 Å². The minimum atomic E-state index is -0.466. The molecule has 2 rings (SSSR count). The molecule has 0 aromatic heterocycles. The Balaban J connectivity index is 2.08. The van der Waals surface area contributed by atoms with Gasteiger partial charge in [-0.1, -0.05) is 0 Å². The van der Waals surface area contributed by atoms with Crippen LogP contribution in [-0.2, 0) is 14.3 Å². The first-order valence-corrected chi connectivity index (χ1v) is 5.59. The van der Waals surface area contributed by atoms with Crippen LogP contribution in [0.2, 0.25) is 0 Å². The van der Waals surface area contributed by atoms with Gasteiger partial charge >= 0.3 is 12.1 Å². The van der Waals surface area contributed by atoms with Crippen LogP contribution in [0, 0.1) is 17.8 Å². The highest BCUT2D eigenvalue weighted by molar-refractivity contribution is 5.76. The molecule has 1 amide bonds. The van der Waals surface area contributed by atoms with E-state index in [1.54, 1.807) is 0 Å². The number of methoxy groups -OCH3 is 2. The number of hydrogen-bond acceptors (Lipinski definition) is 4. The fourth-order valence-electron chi connectivity index (χ4n) is 3.17. The van der Waals surface area contributed by atoms with Gasteiger partial charge in [0.2, 0.25) is 0 Å². The summed E-state index contributed by atoms with van der Waals surface area (Å²) < 4.78 is 9.38. The molecule has 1 N–H and O–H groups in total. The molecule has 2 saturated carbocycles. The first-order chi connectivity index (χ1) is 7.67. The van der Waals surface area contributed by atoms with Gasteiger partial charge in [-0.05, 0) is 31.1 Å². The predicted octanol–water partition coefficient (Wildman–Crippen LogP) is 0.930. The van der Waals surface area contributed by atoms with E-state index in [1.165, 1.54) is 14.2 Å². The zero-order valence-electron chi connectivity index (χ0n) is 9.56. The van der Waals surface area contributed by atoms with E-state index in [0.717, 1.165) is 19.3 Å². The van der Waals surface area contributed by atoms with Gasteiger partial charge in [0, 0.05) is 6.04 Å². The maximum atomic E-state index is 11.7. The first kappa shape index (κ1) is 11.2. The van der Waals surface area contributed by atoms with Crippen molar-refractivity contribution in [2.24, 2.45) is 17.8 Å². The van der Waals surface area contributed by atoms with Crippen molar-refractivity contribution in [2.75, 3.05) is 14.2 Å². The summed E-state index contributed by atoms with van der Waals surface area (Å²) in [5.74, 6) is 0.351. The summed E-state index contributed by atoms with van der Waals surface area (Å²) in [7, 11) is 2.72. The molecule has 0 saturated heterocycles. The normalized spacial score (nSPS) is 35.9. The summed E-state index contributed by atoms with van der Waals surface area (Å²) in [6.45, 7) is 0. The zero-order valence-corrected chi connectivity index (χ0v) is 9.56. The molecule has 0 heterocycles. The Labute approximate surface area is 94.5 Å². The van der Waals surface area contributed by atoms with Crippen LogP contribution >= 0.6 is 0 Å². The van der Waals surface area contributed by atoms with Gasteiger partial charge in [-0.3, -0.25) is 4.79 Å². The number of carbonyl (C=O) groups excluding carboxylic acids is 2. The van der Waals surface area contributed by atoms with Crippen molar-refractivity contribution >= 4 is 12.1 Å². The topological polar surface area (TPSA) is 64.6 Å². The van der Waals surface area contributed by atoms with E-state index in [0.29, 0.717) is 11.8 Å². The Bertz CT molecular complexity index is 304. The largest absolute Gasteiger partial charge is 0.469 e. The van der Waals surface area contributed by atoms with E-state index in [4.69, 9.17) is 4.74 Å². The van der Waals surface area contributed by atoms with Crippen LogP contribution in [-0.4, -0.2) is 32.3 Å². The van der Waals surface area contributed by atoms with E-state index < -0.39 is 6.09 Å². The maximum Gasteiger partial charge on any atom is 0.407 e. The fraction of sp³-hybridized carbons (Fsp3) is 0.818. The Morgan fingerprint density at radius 3 is 2.44 bits per heavy atom. The lowest BCUT2D eigenvalue weighted by Crippen LogP contribution is -2.47. The number of nitrogens with one attached hydrogen (secondary N) is 1. The summed E-state index contributed by atoms with van der Waals surface area (Å²) >= 11 is 0. The smallest absolute Gasteiger partial charge is 0.407 e. The molecule has 0 aromatic rings. The summed E-state index contributed by atoms with van der Waals surface area (Å²) in [4.78, 5) is 22.9. The highest BCUT2D eigenvalue weighted by atomic mass is 16.5. The van der Waals surface area contributed by atoms with Crippen molar-refractivity contribution < 1.29 is 19.1 Å². The number of ether oxygens (including phenoxy) is 2. The van der Waals surface area contributed by atoms with Crippen molar-refractivity contribution in [3.05, 3.63) is 0 Å². The molecule has 0 radical (unpaired) electrons. The molecule has 5 nitrogen and oxygen atoms in total. The molecule has 0 aromatic carbocycles. The van der Waals surface area contributed by atoms with E-state index in [2.05, 4.69) is 10.1 Å². The molecule has 16 heavy (non-hydrogen) atoms. The van der Waals surface area contributed by atoms with E-state index >= 15 is 0 Å². The summed E-state index contributed by atoms with van der Waals surface area (Å²) in [5.41, 5.74) is 0. The van der Waals surface area contributed by atoms with Gasteiger partial charge in [0.05, 0.1) is 20.1 Å². The summed E-state index contributed by atoms with van der Waals surface area (Å²) in [6.07, 6.45) is 2.68. The Morgan fingerprint density at radius 2 is 1.81 bits per heavy atom. The van der Waals surface area contributed by atoms with E-state index in [9.17, 15) is 9.59 Å². The van der Waals surface area contributed by atoms with Gasteiger partial charge in [0.25, 0.3) is 0 Å². The number of rotatable bonds is 2. The number of esters is 1. The van der Waals surface area contributed by atoms with Gasteiger partial charge in [0.1, 0.15) is 0 Å². The Hall–Kier alpha value is -1.26. The van der Waals surface area contributed by atoms with Crippen LogP contribution in [0.1, 0.15) is 19.3 Å². The second kappa shape index (κ2) is 4.31. The second-order valence-corrected chi connectivity index (χ2v) is 4.54. The van der Waals surface area contributed by atoms with Crippen LogP contribution in [0.25, 0.3) is 0 Å². The number of amides is 1. The third-order valence-corrected chi connectivity index (χ3v) is 3.86. The molecular weight excluding hydrogens is 210 g/mol. The van der Waals surface area contributed by atoms with E-state index in [1.807, 2.05) is 0 Å². The minimum absolute atomic E-state index is 0.112. The van der Waals surface area contributed by atoms with Gasteiger partial charge < -0.3 is 14.8 Å². The molecule has 0 spiro atoms. The number of hydrogen-bond donors (Lipinski definition) is 1. The molecule has 2 fully saturated rings. The molecular formula is C11H17NO4. The number of carbonyl (C=O) groups is 2. The molecule has 2 aliphatic rings. The molecule has 0 aliphatic heterocycles. The van der Waals surface area contributed by atoms with Crippen LogP contribution in [0.4, 0.5) is 4.79 Å². The monoisotopic (exact) mass is 227 g/mol. The van der Waals surface area contributed by atoms with Gasteiger partial charge in [0.15, 0.2) is 0 Å². The summed E-state index contributed by atoms with van der Waals surface area (Å²) in [5, 5.41) is 2.76. The number of alkyl carbamates (subject to hydrolysis) is 1. The third kappa shape index (κ3) is 1.74. The minimum Gasteiger partial charge on any atom is -0.469 e. The molecule has 0 unspecified atom stereocenters. The third-order valence-electron chi connectivity index (χ3n) is 3.86. The average molecular weight is 227 g/mol. The fourth-order valence-corrected chi connectivity index (χ4v) is 3.17. The maximum absolute atomic E-state index is 11.7. The zero-order chi connectivity index (χ0) is 11.7. The van der Waals surface area contributed by atoms with Gasteiger partial charge in [-0.15, -0.1) is 0 Å². The van der Waals surface area contributed by atoms with Gasteiger partial charge in [-0.2, -0.15) is 0 Å². The Kier molecular flexibility index (Phi) is 3.03. The quantitative estimate of drug-likeness (QED) is 0.713. The van der Waals surface area contributed by atoms with Crippen molar-refractivity contribution in [1.82, 2.24) is 5.32 Å². The van der Waals surface area contributed by atoms with Crippen molar-refractivity contribution in [3.8, 4) is 0 Å². The Morgan fingerprint density at radius 1 is 1.12 bits per heavy atom. The SMILES string of the molecule is COC(=O)N[C@H]1[C@@H]2CC[C@@H](C2)[C@H]1C(=O)OC. The molecule has 2 aliphatic carbocycles. The molecule has 5 heteroatoms. The lowest BCUT2D eigenvalue weighted by Gasteiger charge is -2.29. The van der Waals surface area contributed by atoms with Crippen molar-refractivity contribution in [1.29, 1.82) is 0 Å². The lowest BCUT2D eigenvalue weighted by molar-refractivity contribution is -0.148. The second-order valence-electron chi connectivity index (χ2n) is 4.54. The molecule has 4 atom stereocenters. The molecule has 90 valence electrons. The van der Waals surface area contributed by atoms with Crippen LogP contribution in [0.5, 0.6) is 0 Å². The highest BCUT2D eigenvalue weighted by Crippen LogP contribution is 2.48. The van der Waals surface area contributed by atoms with E-state index in [-0.39, 0.29) is 17.9 Å². The van der Waals surface area contributed by atoms with Crippen LogP contribution < -0.4 is 5.32 Å². The summed E-state index contributed by atoms with van der Waals surface area (Å²) in [6, 6.07) is -0.112. The lowest BCUT2D eigenvalue weighted by atomic mass is 9.84. The van der Waals surface area contributed by atoms with Crippen molar-refractivity contribution in [3.63, 3.8) is 0 Å². The van der Waals surface area contributed by atoms with Gasteiger partial charge in [-0.25, -0.2) is 4.79 Å². The number of fused-ring (bicyclic) bond motifs is 2. The van der Waals surface area contributed by atoms with Crippen LogP contribution in [0.15, 0.2) is 0 Å². The standard InChI is InChI=1S/C11H17NO4/c1-15-10(13)8-6-3-4-7(5-6)9(8)12-11(14)16-2/h6-9H,3-5H2,1-2H3,(H,12,14)/t6-,7+,8+,9-/m0/s1. The predicted molar refractivity (Wildman–Crippen MR) is 55.7 cm³/mol.